The zero-order valence-corrected chi connectivity index (χ0v) is 16.2. The summed E-state index contributed by atoms with van der Waals surface area (Å²) in [4.78, 5) is 36.5. The van der Waals surface area contributed by atoms with Crippen LogP contribution in [0.3, 0.4) is 0 Å². The van der Waals surface area contributed by atoms with Crippen LogP contribution in [-0.2, 0) is 22.5 Å². The van der Waals surface area contributed by atoms with Crippen molar-refractivity contribution in [3.05, 3.63) is 62.0 Å². The molecule has 1 aromatic carbocycles. The van der Waals surface area contributed by atoms with Gasteiger partial charge in [0.15, 0.2) is 0 Å². The van der Waals surface area contributed by atoms with Crippen molar-refractivity contribution in [3.8, 4) is 6.07 Å². The van der Waals surface area contributed by atoms with Crippen molar-refractivity contribution in [1.82, 2.24) is 4.90 Å². The molecule has 9 nitrogen and oxygen atoms in total. The minimum absolute atomic E-state index is 0.0320. The number of hydrogen-bond donors (Lipinski definition) is 1. The maximum atomic E-state index is 12.3. The number of nitrogens with one attached hydrogen (secondary N) is 1. The van der Waals surface area contributed by atoms with Gasteiger partial charge < -0.3 is 15.0 Å². The quantitative estimate of drug-likeness (QED) is 0.466. The Balaban J connectivity index is 1.72. The summed E-state index contributed by atoms with van der Waals surface area (Å²) in [5.41, 5.74) is 1.85. The number of nitro benzene ring substituents is 1. The number of anilines is 1. The van der Waals surface area contributed by atoms with E-state index in [0.29, 0.717) is 35.6 Å². The molecule has 29 heavy (non-hydrogen) atoms. The molecule has 10 heteroatoms. The van der Waals surface area contributed by atoms with Gasteiger partial charge in [0.05, 0.1) is 24.1 Å². The van der Waals surface area contributed by atoms with E-state index in [4.69, 9.17) is 4.74 Å². The smallest absolute Gasteiger partial charge is 0.409 e. The Bertz CT molecular complexity index is 1040. The van der Waals surface area contributed by atoms with Crippen molar-refractivity contribution in [2.45, 2.75) is 13.0 Å². The van der Waals surface area contributed by atoms with Gasteiger partial charge in [0.2, 0.25) is 5.91 Å². The fraction of sp³-hybridized carbons (Fsp3) is 0.211. The van der Waals surface area contributed by atoms with Crippen LogP contribution < -0.4 is 5.32 Å². The molecule has 1 aliphatic rings. The highest BCUT2D eigenvalue weighted by Gasteiger charge is 2.27. The number of carbonyl (C=O) groups is 2. The van der Waals surface area contributed by atoms with Gasteiger partial charge in [-0.3, -0.25) is 14.9 Å². The molecule has 0 unspecified atom stereocenters. The first kappa shape index (κ1) is 20.0. The minimum atomic E-state index is -0.497. The Morgan fingerprint density at radius 1 is 1.38 bits per heavy atom. The lowest BCUT2D eigenvalue weighted by atomic mass is 10.0. The largest absolute Gasteiger partial charge is 0.453 e. The van der Waals surface area contributed by atoms with Crippen LogP contribution >= 0.6 is 11.3 Å². The Labute approximate surface area is 170 Å². The average molecular weight is 412 g/mol. The number of benzene rings is 1. The van der Waals surface area contributed by atoms with Crippen LogP contribution in [0.2, 0.25) is 0 Å². The molecule has 0 atom stereocenters. The number of ether oxygens (including phenoxy) is 1. The van der Waals surface area contributed by atoms with Crippen molar-refractivity contribution < 1.29 is 19.2 Å². The van der Waals surface area contributed by atoms with Gasteiger partial charge in [-0.05, 0) is 35.8 Å². The summed E-state index contributed by atoms with van der Waals surface area (Å²) in [6, 6.07) is 7.91. The van der Waals surface area contributed by atoms with Crippen molar-refractivity contribution in [2.75, 3.05) is 19.0 Å². The van der Waals surface area contributed by atoms with E-state index in [1.54, 1.807) is 4.90 Å². The molecule has 0 bridgehead atoms. The molecule has 2 amide bonds. The highest BCUT2D eigenvalue weighted by atomic mass is 32.1. The van der Waals surface area contributed by atoms with Crippen molar-refractivity contribution >= 4 is 40.1 Å². The van der Waals surface area contributed by atoms with Crippen molar-refractivity contribution in [2.24, 2.45) is 0 Å². The van der Waals surface area contributed by atoms with Crippen LogP contribution in [-0.4, -0.2) is 35.5 Å². The lowest BCUT2D eigenvalue weighted by Gasteiger charge is -2.25. The fourth-order valence-electron chi connectivity index (χ4n) is 2.93. The standard InChI is InChI=1S/C19H16N4O5S/c1-28-19(25)22-9-8-14-15(10-20)18(29-16(14)11-22)21-17(24)7-4-12-2-5-13(6-3-12)23(26)27/h2-7H,8-9,11H2,1H3,(H,21,24)/b7-4-. The molecule has 2 aromatic rings. The Morgan fingerprint density at radius 3 is 2.72 bits per heavy atom. The predicted molar refractivity (Wildman–Crippen MR) is 106 cm³/mol. The molecule has 0 radical (unpaired) electrons. The zero-order valence-electron chi connectivity index (χ0n) is 15.4. The van der Waals surface area contributed by atoms with Crippen molar-refractivity contribution in [1.29, 1.82) is 5.26 Å². The van der Waals surface area contributed by atoms with Gasteiger partial charge in [0.25, 0.3) is 5.69 Å². The summed E-state index contributed by atoms with van der Waals surface area (Å²) in [6.45, 7) is 0.772. The Hall–Kier alpha value is -3.71. The van der Waals surface area contributed by atoms with E-state index in [2.05, 4.69) is 11.4 Å². The third-order valence-electron chi connectivity index (χ3n) is 4.37. The third-order valence-corrected chi connectivity index (χ3v) is 5.50. The van der Waals surface area contributed by atoms with Crippen LogP contribution in [0.25, 0.3) is 6.08 Å². The molecule has 2 heterocycles. The third kappa shape index (κ3) is 4.41. The predicted octanol–water partition coefficient (Wildman–Crippen LogP) is 3.30. The number of fused-ring (bicyclic) bond motifs is 1. The minimum Gasteiger partial charge on any atom is -0.453 e. The summed E-state index contributed by atoms with van der Waals surface area (Å²) in [5.74, 6) is -0.428. The number of nitrogens with zero attached hydrogens (tertiary/aromatic N) is 3. The topological polar surface area (TPSA) is 126 Å². The van der Waals surface area contributed by atoms with Crippen LogP contribution in [0, 0.1) is 21.4 Å². The van der Waals surface area contributed by atoms with E-state index in [1.165, 1.54) is 54.9 Å². The highest BCUT2D eigenvalue weighted by Crippen LogP contribution is 2.36. The molecule has 1 N–H and O–H groups in total. The van der Waals surface area contributed by atoms with Gasteiger partial charge in [0.1, 0.15) is 11.1 Å². The molecule has 1 aliphatic heterocycles. The summed E-state index contributed by atoms with van der Waals surface area (Å²) in [6.07, 6.45) is 2.90. The van der Waals surface area contributed by atoms with Gasteiger partial charge in [-0.15, -0.1) is 11.3 Å². The van der Waals surface area contributed by atoms with Gasteiger partial charge in [0, 0.05) is 29.6 Å². The van der Waals surface area contributed by atoms with E-state index in [-0.39, 0.29) is 5.69 Å². The number of amides is 2. The second-order valence-corrected chi connectivity index (χ2v) is 7.24. The number of carbonyl (C=O) groups excluding carboxylic acids is 2. The maximum absolute atomic E-state index is 12.3. The molecule has 0 saturated carbocycles. The fourth-order valence-corrected chi connectivity index (χ4v) is 4.14. The summed E-state index contributed by atoms with van der Waals surface area (Å²) in [7, 11) is 1.32. The van der Waals surface area contributed by atoms with E-state index in [1.807, 2.05) is 0 Å². The molecular formula is C19H16N4O5S. The normalized spacial score (nSPS) is 12.9. The Morgan fingerprint density at radius 2 is 2.10 bits per heavy atom. The monoisotopic (exact) mass is 412 g/mol. The lowest BCUT2D eigenvalue weighted by Crippen LogP contribution is -2.35. The second kappa shape index (κ2) is 8.53. The number of nitro groups is 1. The van der Waals surface area contributed by atoms with E-state index in [0.717, 1.165) is 10.4 Å². The summed E-state index contributed by atoms with van der Waals surface area (Å²) in [5, 5.41) is 23.3. The number of methoxy groups -OCH3 is 1. The van der Waals surface area contributed by atoms with Crippen LogP contribution in [0.15, 0.2) is 30.3 Å². The zero-order chi connectivity index (χ0) is 21.0. The van der Waals surface area contributed by atoms with Crippen molar-refractivity contribution in [3.63, 3.8) is 0 Å². The first-order valence-corrected chi connectivity index (χ1v) is 9.35. The highest BCUT2D eigenvalue weighted by molar-refractivity contribution is 7.16. The molecule has 0 saturated heterocycles. The molecule has 0 fully saturated rings. The SMILES string of the molecule is COC(=O)N1CCc2c(sc(NC(=O)/C=C\c3ccc([N+](=O)[O-])cc3)c2C#N)C1. The van der Waals surface area contributed by atoms with Gasteiger partial charge in [-0.1, -0.05) is 0 Å². The molecule has 3 rings (SSSR count). The van der Waals surface area contributed by atoms with Crippen LogP contribution in [0.4, 0.5) is 15.5 Å². The first-order valence-electron chi connectivity index (χ1n) is 8.54. The molecule has 0 aliphatic carbocycles. The average Bonchev–Trinajstić information content (AvgIpc) is 3.07. The molecular weight excluding hydrogens is 396 g/mol. The number of non-ortho nitro benzene ring substituents is 1. The van der Waals surface area contributed by atoms with E-state index >= 15 is 0 Å². The molecule has 148 valence electrons. The maximum Gasteiger partial charge on any atom is 0.409 e. The van der Waals surface area contributed by atoms with Gasteiger partial charge in [-0.25, -0.2) is 4.79 Å². The van der Waals surface area contributed by atoms with Gasteiger partial charge in [-0.2, -0.15) is 5.26 Å². The molecule has 0 spiro atoms. The van der Waals surface area contributed by atoms with Gasteiger partial charge >= 0.3 is 6.09 Å². The number of hydrogen-bond acceptors (Lipinski definition) is 7. The number of thiophene rings is 1. The summed E-state index contributed by atoms with van der Waals surface area (Å²) < 4.78 is 4.74. The molecule has 1 aromatic heterocycles. The summed E-state index contributed by atoms with van der Waals surface area (Å²) >= 11 is 1.26. The Kier molecular flexibility index (Phi) is 5.90. The van der Waals surface area contributed by atoms with Crippen LogP contribution in [0.1, 0.15) is 21.6 Å². The second-order valence-electron chi connectivity index (χ2n) is 6.13. The number of rotatable bonds is 4. The first-order chi connectivity index (χ1) is 13.9. The number of nitriles is 1. The van der Waals surface area contributed by atoms with Crippen LogP contribution in [0.5, 0.6) is 0 Å². The lowest BCUT2D eigenvalue weighted by molar-refractivity contribution is -0.384. The van der Waals surface area contributed by atoms with E-state index in [9.17, 15) is 25.0 Å². The van der Waals surface area contributed by atoms with E-state index < -0.39 is 16.9 Å².